The Labute approximate surface area is 397 Å². The molecule has 3 aromatic carbocycles. The maximum absolute atomic E-state index is 13.8. The summed E-state index contributed by atoms with van der Waals surface area (Å²) in [7, 11) is -3.66. The Hall–Kier alpha value is -6.36. The van der Waals surface area contributed by atoms with Gasteiger partial charge in [-0.3, -0.25) is 28.8 Å². The molecular formula is C49H63N6O12P. The van der Waals surface area contributed by atoms with Crippen LogP contribution < -0.4 is 21.6 Å². The van der Waals surface area contributed by atoms with Crippen molar-refractivity contribution in [2.75, 3.05) is 50.9 Å². The van der Waals surface area contributed by atoms with Gasteiger partial charge in [-0.15, -0.1) is 0 Å². The van der Waals surface area contributed by atoms with Gasteiger partial charge in [0.25, 0.3) is 0 Å². The monoisotopic (exact) mass is 958 g/mol. The normalized spacial score (nSPS) is 12.3. The lowest BCUT2D eigenvalue weighted by atomic mass is 9.98. The second-order valence-corrected chi connectivity index (χ2v) is 20.1. The molecular weight excluding hydrogens is 896 g/mol. The van der Waals surface area contributed by atoms with Crippen molar-refractivity contribution in [1.29, 1.82) is 0 Å². The number of amides is 4. The molecule has 0 atom stereocenters. The van der Waals surface area contributed by atoms with Crippen molar-refractivity contribution in [3.8, 4) is 11.1 Å². The molecule has 1 heterocycles. The summed E-state index contributed by atoms with van der Waals surface area (Å²) in [4.78, 5) is 84.0. The molecule has 1 aliphatic rings. The van der Waals surface area contributed by atoms with Crippen molar-refractivity contribution in [2.45, 2.75) is 98.0 Å². The number of carbonyl (C=O) groups excluding carboxylic acids is 5. The van der Waals surface area contributed by atoms with Crippen molar-refractivity contribution < 1.29 is 51.8 Å². The fourth-order valence-electron chi connectivity index (χ4n) is 7.42. The molecule has 68 heavy (non-hydrogen) atoms. The highest BCUT2D eigenvalue weighted by Gasteiger charge is 2.36. The molecule has 5 rings (SSSR count). The van der Waals surface area contributed by atoms with Gasteiger partial charge in [-0.1, -0.05) is 78.9 Å². The third-order valence-electron chi connectivity index (χ3n) is 10.2. The standard InChI is InChI=1S/C49H63N6O12P/c1-8-63-43(58)31-54(27-26-51-46(60)65-33-40-38-22-14-12-20-36(38)37-21-13-15-23-39(37)40)42(57)30-55-29-35(44(52-45(55)59)53-47(61)64-32-34-17-10-9-11-18-34)19-16-25-50-41(56)24-28-68(62,66-48(2,3)4)67-49(5,6)7/h9-15,17-18,20-23,29,40H,8,16,19,24-28,30-33H2,1-7H3,(H,50,56)(H,51,60)(H,52,53,59,61). The first kappa shape index (κ1) is 52.6. The van der Waals surface area contributed by atoms with E-state index in [1.54, 1.807) is 72.7 Å². The highest BCUT2D eigenvalue weighted by molar-refractivity contribution is 7.54. The molecule has 366 valence electrons. The zero-order chi connectivity index (χ0) is 49.5. The van der Waals surface area contributed by atoms with Gasteiger partial charge in [-0.25, -0.2) is 14.4 Å². The van der Waals surface area contributed by atoms with Gasteiger partial charge < -0.3 is 38.8 Å². The van der Waals surface area contributed by atoms with E-state index in [2.05, 4.69) is 20.9 Å². The van der Waals surface area contributed by atoms with E-state index in [-0.39, 0.29) is 70.2 Å². The topological polar surface area (TPSA) is 223 Å². The second kappa shape index (κ2) is 24.1. The summed E-state index contributed by atoms with van der Waals surface area (Å²) in [6, 6.07) is 24.9. The molecule has 0 spiro atoms. The maximum Gasteiger partial charge on any atom is 0.413 e. The van der Waals surface area contributed by atoms with Gasteiger partial charge in [-0.05, 0) is 89.1 Å². The number of ether oxygens (including phenoxy) is 3. The number of aromatic nitrogens is 2. The molecule has 19 heteroatoms. The molecule has 3 N–H and O–H groups in total. The Morgan fingerprint density at radius 2 is 1.40 bits per heavy atom. The first-order chi connectivity index (χ1) is 32.2. The average Bonchev–Trinajstić information content (AvgIpc) is 3.59. The number of carbonyl (C=O) groups is 5. The highest BCUT2D eigenvalue weighted by atomic mass is 31.2. The molecule has 0 bridgehead atoms. The van der Waals surface area contributed by atoms with E-state index in [9.17, 15) is 33.3 Å². The van der Waals surface area contributed by atoms with Crippen LogP contribution in [0.4, 0.5) is 15.4 Å². The Kier molecular flexibility index (Phi) is 18.6. The number of anilines is 1. The zero-order valence-corrected chi connectivity index (χ0v) is 40.7. The third kappa shape index (κ3) is 16.5. The van der Waals surface area contributed by atoms with Crippen LogP contribution >= 0.6 is 7.60 Å². The maximum atomic E-state index is 13.8. The van der Waals surface area contributed by atoms with Crippen molar-refractivity contribution in [3.05, 3.63) is 118 Å². The molecule has 1 aliphatic carbocycles. The Morgan fingerprint density at radius 3 is 2.01 bits per heavy atom. The fourth-order valence-corrected chi connectivity index (χ4v) is 9.78. The van der Waals surface area contributed by atoms with Gasteiger partial charge in [0, 0.05) is 43.7 Å². The number of fused-ring (bicyclic) bond motifs is 3. The Bertz CT molecular complexity index is 2440. The first-order valence-corrected chi connectivity index (χ1v) is 24.3. The van der Waals surface area contributed by atoms with E-state index >= 15 is 0 Å². The van der Waals surface area contributed by atoms with E-state index in [1.165, 1.54) is 6.20 Å². The van der Waals surface area contributed by atoms with Crippen LogP contribution in [-0.2, 0) is 61.8 Å². The summed E-state index contributed by atoms with van der Waals surface area (Å²) >= 11 is 0. The second-order valence-electron chi connectivity index (χ2n) is 18.0. The molecule has 4 aromatic rings. The third-order valence-corrected chi connectivity index (χ3v) is 12.6. The predicted octanol–water partition coefficient (Wildman–Crippen LogP) is 7.18. The van der Waals surface area contributed by atoms with Crippen LogP contribution in [0.25, 0.3) is 11.1 Å². The van der Waals surface area contributed by atoms with Crippen molar-refractivity contribution in [1.82, 2.24) is 25.1 Å². The van der Waals surface area contributed by atoms with Crippen molar-refractivity contribution >= 4 is 43.4 Å². The summed E-state index contributed by atoms with van der Waals surface area (Å²) in [6.45, 7) is 11.1. The lowest BCUT2D eigenvalue weighted by molar-refractivity contribution is -0.149. The number of nitrogens with zero attached hydrogens (tertiary/aromatic N) is 3. The molecule has 0 radical (unpaired) electrons. The van der Waals surface area contributed by atoms with E-state index in [4.69, 9.17) is 23.3 Å². The van der Waals surface area contributed by atoms with Crippen LogP contribution in [0.3, 0.4) is 0 Å². The smallest absolute Gasteiger partial charge is 0.413 e. The Morgan fingerprint density at radius 1 is 0.779 bits per heavy atom. The van der Waals surface area contributed by atoms with Gasteiger partial charge in [-0.2, -0.15) is 4.98 Å². The number of aryl methyl sites for hydroxylation is 1. The first-order valence-electron chi connectivity index (χ1n) is 22.6. The lowest BCUT2D eigenvalue weighted by Crippen LogP contribution is -2.44. The van der Waals surface area contributed by atoms with E-state index in [0.717, 1.165) is 37.3 Å². The highest BCUT2D eigenvalue weighted by Crippen LogP contribution is 2.54. The predicted molar refractivity (Wildman–Crippen MR) is 255 cm³/mol. The number of nitrogens with one attached hydrogen (secondary N) is 3. The van der Waals surface area contributed by atoms with Crippen LogP contribution in [0.2, 0.25) is 0 Å². The molecule has 0 fully saturated rings. The summed E-state index contributed by atoms with van der Waals surface area (Å²) in [5.74, 6) is -2.03. The minimum Gasteiger partial charge on any atom is -0.465 e. The summed E-state index contributed by atoms with van der Waals surface area (Å²) in [6.07, 6.45) is -0.0674. The van der Waals surface area contributed by atoms with Crippen LogP contribution in [-0.4, -0.2) is 101 Å². The molecule has 1 aromatic heterocycles. The molecule has 0 saturated heterocycles. The summed E-state index contributed by atoms with van der Waals surface area (Å²) < 4.78 is 42.3. The van der Waals surface area contributed by atoms with E-state index in [1.807, 2.05) is 54.6 Å². The number of esters is 1. The number of rotatable bonds is 22. The van der Waals surface area contributed by atoms with Crippen LogP contribution in [0.1, 0.15) is 89.5 Å². The average molecular weight is 959 g/mol. The zero-order valence-electron chi connectivity index (χ0n) is 39.8. The minimum absolute atomic E-state index is 0.0550. The minimum atomic E-state index is -3.66. The van der Waals surface area contributed by atoms with Crippen molar-refractivity contribution in [2.24, 2.45) is 0 Å². The number of hydrogen-bond donors (Lipinski definition) is 3. The van der Waals surface area contributed by atoms with Crippen LogP contribution in [0.5, 0.6) is 0 Å². The van der Waals surface area contributed by atoms with Gasteiger partial charge in [0.05, 0.1) is 24.0 Å². The lowest BCUT2D eigenvalue weighted by Gasteiger charge is -2.32. The number of hydrogen-bond acceptors (Lipinski definition) is 13. The SMILES string of the molecule is CCOC(=O)CN(CCNC(=O)OCC1c2ccccc2-c2ccccc21)C(=O)Cn1cc(CCCNC(=O)CCP(=O)(OC(C)(C)C)OC(C)(C)C)c(NC(=O)OCc2ccccc2)nc1=O. The van der Waals surface area contributed by atoms with Crippen LogP contribution in [0.15, 0.2) is 89.9 Å². The van der Waals surface area contributed by atoms with Gasteiger partial charge in [0.1, 0.15) is 32.1 Å². The summed E-state index contributed by atoms with van der Waals surface area (Å²) in [5.41, 5.74) is 2.87. The largest absolute Gasteiger partial charge is 0.465 e. The van der Waals surface area contributed by atoms with Gasteiger partial charge in [0.15, 0.2) is 0 Å². The van der Waals surface area contributed by atoms with Crippen molar-refractivity contribution in [3.63, 3.8) is 0 Å². The van der Waals surface area contributed by atoms with Gasteiger partial charge in [0.2, 0.25) is 11.8 Å². The molecule has 0 unspecified atom stereocenters. The van der Waals surface area contributed by atoms with Crippen LogP contribution in [0, 0.1) is 0 Å². The molecule has 0 aliphatic heterocycles. The number of alkyl carbamates (subject to hydrolysis) is 1. The van der Waals surface area contributed by atoms with E-state index < -0.39 is 67.5 Å². The van der Waals surface area contributed by atoms with E-state index in [0.29, 0.717) is 12.0 Å². The quantitative estimate of drug-likeness (QED) is 0.0308. The molecule has 0 saturated carbocycles. The number of benzene rings is 3. The molecule has 18 nitrogen and oxygen atoms in total. The Balaban J connectivity index is 1.23. The van der Waals surface area contributed by atoms with Gasteiger partial charge >= 0.3 is 31.4 Å². The summed E-state index contributed by atoms with van der Waals surface area (Å²) in [5, 5.41) is 7.97. The molecule has 4 amide bonds. The fraction of sp³-hybridized carbons (Fsp3) is 0.449.